The Hall–Kier alpha value is -2.16. The predicted molar refractivity (Wildman–Crippen MR) is 87.1 cm³/mol. The zero-order valence-corrected chi connectivity index (χ0v) is 15.6. The summed E-state index contributed by atoms with van der Waals surface area (Å²) in [6, 6.07) is -2.38. The number of fused-ring (bicyclic) bond motifs is 2. The molecule has 0 saturated carbocycles. The van der Waals surface area contributed by atoms with Gasteiger partial charge in [-0.3, -0.25) is 14.2 Å². The second-order valence-corrected chi connectivity index (χ2v) is 7.26. The predicted octanol–water partition coefficient (Wildman–Crippen LogP) is -0.828. The van der Waals surface area contributed by atoms with Crippen LogP contribution in [0.5, 0.6) is 0 Å². The lowest BCUT2D eigenvalue weighted by molar-refractivity contribution is -0.139. The minimum absolute atomic E-state index is 0.0735. The maximum Gasteiger partial charge on any atom is 0.418 e. The van der Waals surface area contributed by atoms with E-state index in [0.717, 1.165) is 4.90 Å². The van der Waals surface area contributed by atoms with E-state index in [9.17, 15) is 22.8 Å². The number of hydrogen-bond acceptors (Lipinski definition) is 8. The van der Waals surface area contributed by atoms with Crippen molar-refractivity contribution in [2.75, 3.05) is 19.8 Å². The van der Waals surface area contributed by atoms with Gasteiger partial charge in [0.05, 0.1) is 6.04 Å². The van der Waals surface area contributed by atoms with Crippen LogP contribution in [-0.2, 0) is 29.1 Å². The Balaban J connectivity index is 1.76. The molecule has 3 N–H and O–H groups in total. The Bertz CT molecular complexity index is 683. The summed E-state index contributed by atoms with van der Waals surface area (Å²) in [5.41, 5.74) is 2.16. The SMILES string of the molecule is CC(C)NC(=O)OCCONC(=O)[C@@H]1CC[C@@H]2CN1C(=O)N2OS(=O)(=O)O. The molecule has 27 heavy (non-hydrogen) atoms. The Morgan fingerprint density at radius 1 is 1.30 bits per heavy atom. The third-order valence-electron chi connectivity index (χ3n) is 3.80. The van der Waals surface area contributed by atoms with Gasteiger partial charge in [0.25, 0.3) is 5.91 Å². The molecule has 0 unspecified atom stereocenters. The quantitative estimate of drug-likeness (QED) is 0.263. The smallest absolute Gasteiger partial charge is 0.418 e. The fourth-order valence-electron chi connectivity index (χ4n) is 2.75. The highest BCUT2D eigenvalue weighted by Crippen LogP contribution is 2.30. The fourth-order valence-corrected chi connectivity index (χ4v) is 3.14. The van der Waals surface area contributed by atoms with Crippen LogP contribution in [-0.4, -0.2) is 78.8 Å². The number of ether oxygens (including phenoxy) is 1. The molecule has 0 aromatic carbocycles. The van der Waals surface area contributed by atoms with Crippen LogP contribution in [0.15, 0.2) is 0 Å². The van der Waals surface area contributed by atoms with Gasteiger partial charge in [-0.15, -0.1) is 4.28 Å². The number of carbonyl (C=O) groups excluding carboxylic acids is 3. The monoisotopic (exact) mass is 410 g/mol. The molecule has 0 radical (unpaired) electrons. The number of alkyl carbamates (subject to hydrolysis) is 1. The first kappa shape index (κ1) is 21.1. The molecule has 2 aliphatic heterocycles. The van der Waals surface area contributed by atoms with E-state index in [4.69, 9.17) is 14.1 Å². The topological polar surface area (TPSA) is 164 Å². The summed E-state index contributed by atoms with van der Waals surface area (Å²) in [5.74, 6) is -0.609. The minimum Gasteiger partial charge on any atom is -0.447 e. The lowest BCUT2D eigenvalue weighted by Gasteiger charge is -2.28. The minimum atomic E-state index is -4.85. The van der Waals surface area contributed by atoms with E-state index in [1.165, 1.54) is 0 Å². The van der Waals surface area contributed by atoms with Crippen molar-refractivity contribution in [3.8, 4) is 0 Å². The van der Waals surface area contributed by atoms with Crippen LogP contribution in [0.3, 0.4) is 0 Å². The van der Waals surface area contributed by atoms with E-state index < -0.39 is 40.5 Å². The van der Waals surface area contributed by atoms with Crippen molar-refractivity contribution in [2.45, 2.75) is 44.8 Å². The van der Waals surface area contributed by atoms with E-state index in [0.29, 0.717) is 11.5 Å². The highest BCUT2D eigenvalue weighted by molar-refractivity contribution is 7.80. The average Bonchev–Trinajstić information content (AvgIpc) is 2.77. The Labute approximate surface area is 155 Å². The Kier molecular flexibility index (Phi) is 6.80. The first-order valence-electron chi connectivity index (χ1n) is 8.20. The fraction of sp³-hybridized carbons (Fsp3) is 0.769. The molecular weight excluding hydrogens is 388 g/mol. The first-order chi connectivity index (χ1) is 12.6. The molecule has 0 spiro atoms. The summed E-state index contributed by atoms with van der Waals surface area (Å²) in [7, 11) is -4.85. The number of hydrogen-bond donors (Lipinski definition) is 3. The van der Waals surface area contributed by atoms with Crippen LogP contribution >= 0.6 is 0 Å². The van der Waals surface area contributed by atoms with Gasteiger partial charge in [0.15, 0.2) is 0 Å². The first-order valence-corrected chi connectivity index (χ1v) is 9.56. The number of rotatable bonds is 8. The zero-order chi connectivity index (χ0) is 20.2. The maximum atomic E-state index is 12.2. The summed E-state index contributed by atoms with van der Waals surface area (Å²) in [4.78, 5) is 41.7. The highest BCUT2D eigenvalue weighted by Gasteiger charge is 2.49. The van der Waals surface area contributed by atoms with E-state index in [2.05, 4.69) is 15.1 Å². The van der Waals surface area contributed by atoms with Crippen molar-refractivity contribution in [1.82, 2.24) is 20.8 Å². The summed E-state index contributed by atoms with van der Waals surface area (Å²) in [6.07, 6.45) is -0.0571. The molecule has 154 valence electrons. The number of hydroxylamine groups is 3. The maximum absolute atomic E-state index is 12.2. The Morgan fingerprint density at radius 2 is 2.00 bits per heavy atom. The van der Waals surface area contributed by atoms with Crippen molar-refractivity contribution < 1.29 is 41.2 Å². The largest absolute Gasteiger partial charge is 0.447 e. The number of urea groups is 1. The van der Waals surface area contributed by atoms with Gasteiger partial charge in [-0.2, -0.15) is 13.5 Å². The molecule has 2 bridgehead atoms. The van der Waals surface area contributed by atoms with Crippen molar-refractivity contribution >= 4 is 28.4 Å². The van der Waals surface area contributed by atoms with E-state index in [-0.39, 0.29) is 32.2 Å². The second-order valence-electron chi connectivity index (χ2n) is 6.26. The van der Waals surface area contributed by atoms with Crippen molar-refractivity contribution in [1.29, 1.82) is 0 Å². The molecule has 2 aliphatic rings. The van der Waals surface area contributed by atoms with Crippen molar-refractivity contribution in [3.05, 3.63) is 0 Å². The van der Waals surface area contributed by atoms with Gasteiger partial charge in [-0.1, -0.05) is 0 Å². The van der Waals surface area contributed by atoms with Gasteiger partial charge in [0.2, 0.25) is 0 Å². The van der Waals surface area contributed by atoms with Crippen molar-refractivity contribution in [2.24, 2.45) is 0 Å². The standard InChI is InChI=1S/C13H22N4O9S/c1-8(2)14-12(19)24-5-6-25-15-11(18)10-4-3-9-7-16(10)13(20)17(9)26-27(21,22)23/h8-10H,3-7H2,1-2H3,(H,14,19)(H,15,18)(H,21,22,23)/t9-,10+/m1/s1. The van der Waals surface area contributed by atoms with Gasteiger partial charge in [-0.25, -0.2) is 15.1 Å². The van der Waals surface area contributed by atoms with Gasteiger partial charge < -0.3 is 15.0 Å². The van der Waals surface area contributed by atoms with Gasteiger partial charge in [-0.05, 0) is 26.7 Å². The second kappa shape index (κ2) is 8.69. The van der Waals surface area contributed by atoms with Crippen LogP contribution in [0.2, 0.25) is 0 Å². The average molecular weight is 410 g/mol. The summed E-state index contributed by atoms with van der Waals surface area (Å²) < 4.78 is 39.5. The summed E-state index contributed by atoms with van der Waals surface area (Å²) >= 11 is 0. The van der Waals surface area contributed by atoms with Crippen LogP contribution in [0.1, 0.15) is 26.7 Å². The normalized spacial score (nSPS) is 22.1. The van der Waals surface area contributed by atoms with Crippen LogP contribution in [0.25, 0.3) is 0 Å². The molecule has 2 fully saturated rings. The highest BCUT2D eigenvalue weighted by atomic mass is 32.3. The summed E-state index contributed by atoms with van der Waals surface area (Å²) in [5, 5.41) is 3.06. The van der Waals surface area contributed by atoms with E-state index in [1.54, 1.807) is 13.8 Å². The number of carbonyl (C=O) groups is 3. The summed E-state index contributed by atoms with van der Waals surface area (Å²) in [6.45, 7) is 3.43. The van der Waals surface area contributed by atoms with E-state index >= 15 is 0 Å². The van der Waals surface area contributed by atoms with Crippen LogP contribution in [0, 0.1) is 0 Å². The van der Waals surface area contributed by atoms with Crippen molar-refractivity contribution in [3.63, 3.8) is 0 Å². The zero-order valence-electron chi connectivity index (χ0n) is 14.8. The lowest BCUT2D eigenvalue weighted by Crippen LogP contribution is -2.49. The lowest BCUT2D eigenvalue weighted by atomic mass is 10.0. The number of amides is 4. The molecule has 0 aromatic heterocycles. The number of piperidine rings is 1. The van der Waals surface area contributed by atoms with Gasteiger partial charge in [0, 0.05) is 12.6 Å². The molecule has 2 saturated heterocycles. The van der Waals surface area contributed by atoms with Crippen LogP contribution < -0.4 is 10.8 Å². The Morgan fingerprint density at radius 3 is 2.63 bits per heavy atom. The molecule has 0 aliphatic carbocycles. The molecule has 4 amide bonds. The molecule has 2 atom stereocenters. The van der Waals surface area contributed by atoms with Gasteiger partial charge >= 0.3 is 22.5 Å². The molecule has 13 nitrogen and oxygen atoms in total. The van der Waals surface area contributed by atoms with Crippen LogP contribution in [0.4, 0.5) is 9.59 Å². The third-order valence-corrected chi connectivity index (χ3v) is 4.15. The molecule has 2 rings (SSSR count). The molecular formula is C13H22N4O9S. The molecule has 14 heteroatoms. The van der Waals surface area contributed by atoms with Gasteiger partial charge in [0.1, 0.15) is 19.3 Å². The van der Waals surface area contributed by atoms with E-state index in [1.807, 2.05) is 0 Å². The molecule has 2 heterocycles. The third kappa shape index (κ3) is 5.92. The molecule has 0 aromatic rings. The number of nitrogens with zero attached hydrogens (tertiary/aromatic N) is 2. The number of nitrogens with one attached hydrogen (secondary N) is 2.